The fourth-order valence-electron chi connectivity index (χ4n) is 1.40. The van der Waals surface area contributed by atoms with Crippen molar-refractivity contribution in [1.82, 2.24) is 14.7 Å². The number of nitrogens with one attached hydrogen (secondary N) is 1. The fourth-order valence-corrected chi connectivity index (χ4v) is 2.55. The summed E-state index contributed by atoms with van der Waals surface area (Å²) in [6, 6.07) is 0. The molecule has 1 heterocycles. The molecule has 1 rings (SSSR count). The van der Waals surface area contributed by atoms with Crippen LogP contribution in [0.3, 0.4) is 0 Å². The first-order valence-corrected chi connectivity index (χ1v) is 7.32. The second-order valence-electron chi connectivity index (χ2n) is 4.26. The smallest absolute Gasteiger partial charge is 0.243 e. The zero-order valence-corrected chi connectivity index (χ0v) is 11.8. The van der Waals surface area contributed by atoms with Gasteiger partial charge in [-0.3, -0.25) is 0 Å². The molecule has 0 aliphatic heterocycles. The van der Waals surface area contributed by atoms with Crippen LogP contribution in [0.1, 0.15) is 26.7 Å². The SMILES string of the molecule is CCCC(C)(O)CNS(=O)(=O)c1cnc(Cl)nc1. The summed E-state index contributed by atoms with van der Waals surface area (Å²) in [6.45, 7) is 3.43. The molecule has 0 fully saturated rings. The molecule has 8 heteroatoms. The van der Waals surface area contributed by atoms with E-state index in [4.69, 9.17) is 11.6 Å². The molecule has 6 nitrogen and oxygen atoms in total. The number of hydrogen-bond donors (Lipinski definition) is 2. The summed E-state index contributed by atoms with van der Waals surface area (Å²) in [7, 11) is -3.72. The van der Waals surface area contributed by atoms with Crippen molar-refractivity contribution in [2.24, 2.45) is 0 Å². The lowest BCUT2D eigenvalue weighted by Crippen LogP contribution is -2.40. The van der Waals surface area contributed by atoms with Crippen LogP contribution in [0.25, 0.3) is 0 Å². The maximum Gasteiger partial charge on any atom is 0.243 e. The van der Waals surface area contributed by atoms with Gasteiger partial charge in [-0.2, -0.15) is 0 Å². The van der Waals surface area contributed by atoms with Crippen molar-refractivity contribution in [2.45, 2.75) is 37.2 Å². The van der Waals surface area contributed by atoms with Gasteiger partial charge in [-0.25, -0.2) is 23.1 Å². The molecular formula is C10H16ClN3O3S. The van der Waals surface area contributed by atoms with Crippen LogP contribution in [-0.4, -0.2) is 35.6 Å². The second-order valence-corrected chi connectivity index (χ2v) is 6.36. The third-order valence-electron chi connectivity index (χ3n) is 2.34. The maximum atomic E-state index is 11.8. The molecule has 1 aromatic rings. The van der Waals surface area contributed by atoms with Gasteiger partial charge in [0.05, 0.1) is 18.0 Å². The van der Waals surface area contributed by atoms with Crippen LogP contribution >= 0.6 is 11.6 Å². The van der Waals surface area contributed by atoms with Crippen LogP contribution in [0, 0.1) is 0 Å². The Morgan fingerprint density at radius 2 is 2.00 bits per heavy atom. The molecule has 1 unspecified atom stereocenters. The molecule has 0 bridgehead atoms. The monoisotopic (exact) mass is 293 g/mol. The lowest BCUT2D eigenvalue weighted by Gasteiger charge is -2.22. The van der Waals surface area contributed by atoms with Crippen molar-refractivity contribution in [1.29, 1.82) is 0 Å². The predicted molar refractivity (Wildman–Crippen MR) is 67.8 cm³/mol. The van der Waals surface area contributed by atoms with E-state index in [9.17, 15) is 13.5 Å². The van der Waals surface area contributed by atoms with Gasteiger partial charge in [0.2, 0.25) is 15.3 Å². The van der Waals surface area contributed by atoms with Crippen molar-refractivity contribution in [3.8, 4) is 0 Å². The number of halogens is 1. The molecule has 0 radical (unpaired) electrons. The minimum atomic E-state index is -3.72. The molecule has 2 N–H and O–H groups in total. The quantitative estimate of drug-likeness (QED) is 0.762. The summed E-state index contributed by atoms with van der Waals surface area (Å²) in [5.41, 5.74) is -1.07. The lowest BCUT2D eigenvalue weighted by molar-refractivity contribution is 0.0554. The number of aliphatic hydroxyl groups is 1. The van der Waals surface area contributed by atoms with Gasteiger partial charge in [-0.15, -0.1) is 0 Å². The number of sulfonamides is 1. The second kappa shape index (κ2) is 5.92. The van der Waals surface area contributed by atoms with Crippen molar-refractivity contribution < 1.29 is 13.5 Å². The third-order valence-corrected chi connectivity index (χ3v) is 3.89. The third kappa shape index (κ3) is 4.49. The fraction of sp³-hybridized carbons (Fsp3) is 0.600. The first-order valence-electron chi connectivity index (χ1n) is 5.46. The number of nitrogens with zero attached hydrogens (tertiary/aromatic N) is 2. The van der Waals surface area contributed by atoms with Gasteiger partial charge in [0, 0.05) is 6.54 Å². The standard InChI is InChI=1S/C10H16ClN3O3S/c1-3-4-10(2,15)7-14-18(16,17)8-5-12-9(11)13-6-8/h5-6,14-15H,3-4,7H2,1-2H3. The summed E-state index contributed by atoms with van der Waals surface area (Å²) < 4.78 is 26.0. The van der Waals surface area contributed by atoms with Gasteiger partial charge in [-0.1, -0.05) is 13.3 Å². The minimum Gasteiger partial charge on any atom is -0.389 e. The molecular weight excluding hydrogens is 278 g/mol. The van der Waals surface area contributed by atoms with Gasteiger partial charge in [0.15, 0.2) is 0 Å². The van der Waals surface area contributed by atoms with E-state index < -0.39 is 15.6 Å². The Bertz CT molecular complexity index is 488. The van der Waals surface area contributed by atoms with Crippen LogP contribution in [0.4, 0.5) is 0 Å². The van der Waals surface area contributed by atoms with E-state index >= 15 is 0 Å². The molecule has 102 valence electrons. The van der Waals surface area contributed by atoms with E-state index in [0.717, 1.165) is 18.8 Å². The molecule has 0 saturated carbocycles. The molecule has 0 aliphatic carbocycles. The molecule has 0 saturated heterocycles. The average molecular weight is 294 g/mol. The van der Waals surface area contributed by atoms with Gasteiger partial charge < -0.3 is 5.11 Å². The van der Waals surface area contributed by atoms with Gasteiger partial charge in [0.1, 0.15) is 4.90 Å². The Balaban J connectivity index is 2.74. The van der Waals surface area contributed by atoms with Crippen molar-refractivity contribution in [3.63, 3.8) is 0 Å². The van der Waals surface area contributed by atoms with Crippen LogP contribution in [0.5, 0.6) is 0 Å². The lowest BCUT2D eigenvalue weighted by atomic mass is 10.0. The van der Waals surface area contributed by atoms with E-state index in [1.165, 1.54) is 0 Å². The maximum absolute atomic E-state index is 11.8. The topological polar surface area (TPSA) is 92.2 Å². The predicted octanol–water partition coefficient (Wildman–Crippen LogP) is 0.959. The normalized spacial score (nSPS) is 15.3. The summed E-state index contributed by atoms with van der Waals surface area (Å²) in [6.07, 6.45) is 3.50. The zero-order valence-electron chi connectivity index (χ0n) is 10.2. The molecule has 0 amide bonds. The van der Waals surface area contributed by atoms with E-state index in [0.29, 0.717) is 6.42 Å². The van der Waals surface area contributed by atoms with Crippen LogP contribution in [0.2, 0.25) is 5.28 Å². The minimum absolute atomic E-state index is 0.0214. The Morgan fingerprint density at radius 1 is 1.44 bits per heavy atom. The molecule has 1 aromatic heterocycles. The highest BCUT2D eigenvalue weighted by atomic mass is 35.5. The summed E-state index contributed by atoms with van der Waals surface area (Å²) in [5, 5.41) is 9.87. The molecule has 0 aromatic carbocycles. The molecule has 0 spiro atoms. The van der Waals surface area contributed by atoms with Crippen LogP contribution in [-0.2, 0) is 10.0 Å². The highest BCUT2D eigenvalue weighted by molar-refractivity contribution is 7.89. The number of hydrogen-bond acceptors (Lipinski definition) is 5. The van der Waals surface area contributed by atoms with E-state index in [1.807, 2.05) is 6.92 Å². The first-order chi connectivity index (χ1) is 8.27. The Labute approximate surface area is 111 Å². The van der Waals surface area contributed by atoms with Gasteiger partial charge >= 0.3 is 0 Å². The van der Waals surface area contributed by atoms with Crippen LogP contribution < -0.4 is 4.72 Å². The number of aromatic nitrogens is 2. The highest BCUT2D eigenvalue weighted by Gasteiger charge is 2.23. The Kier molecular flexibility index (Phi) is 5.03. The summed E-state index contributed by atoms with van der Waals surface area (Å²) >= 11 is 5.48. The average Bonchev–Trinajstić information content (AvgIpc) is 2.27. The number of rotatable bonds is 6. The van der Waals surface area contributed by atoms with Gasteiger partial charge in [0.25, 0.3) is 0 Å². The van der Waals surface area contributed by atoms with Crippen molar-refractivity contribution >= 4 is 21.6 Å². The largest absolute Gasteiger partial charge is 0.389 e. The first kappa shape index (κ1) is 15.3. The van der Waals surface area contributed by atoms with Crippen LogP contribution in [0.15, 0.2) is 17.3 Å². The molecule has 0 aliphatic rings. The van der Waals surface area contributed by atoms with Crippen molar-refractivity contribution in [3.05, 3.63) is 17.7 Å². The Morgan fingerprint density at radius 3 is 2.50 bits per heavy atom. The van der Waals surface area contributed by atoms with E-state index in [2.05, 4.69) is 14.7 Å². The molecule has 1 atom stereocenters. The van der Waals surface area contributed by atoms with Crippen molar-refractivity contribution in [2.75, 3.05) is 6.54 Å². The Hall–Kier alpha value is -0.760. The van der Waals surface area contributed by atoms with E-state index in [1.54, 1.807) is 6.92 Å². The summed E-state index contributed by atoms with van der Waals surface area (Å²) in [5.74, 6) is 0. The van der Waals surface area contributed by atoms with E-state index in [-0.39, 0.29) is 16.7 Å². The molecule has 18 heavy (non-hydrogen) atoms. The zero-order chi connectivity index (χ0) is 13.8. The highest BCUT2D eigenvalue weighted by Crippen LogP contribution is 2.13. The summed E-state index contributed by atoms with van der Waals surface area (Å²) in [4.78, 5) is 7.11. The van der Waals surface area contributed by atoms with Gasteiger partial charge in [-0.05, 0) is 24.9 Å².